The summed E-state index contributed by atoms with van der Waals surface area (Å²) in [5.41, 5.74) is 6.48. The highest BCUT2D eigenvalue weighted by Gasteiger charge is 2.26. The van der Waals surface area contributed by atoms with E-state index in [0.717, 1.165) is 30.9 Å². The predicted molar refractivity (Wildman–Crippen MR) is 69.1 cm³/mol. The van der Waals surface area contributed by atoms with E-state index < -0.39 is 0 Å². The quantitative estimate of drug-likeness (QED) is 0.872. The van der Waals surface area contributed by atoms with Crippen molar-refractivity contribution in [2.45, 2.75) is 32.7 Å². The highest BCUT2D eigenvalue weighted by molar-refractivity contribution is 7.09. The number of amides is 1. The second-order valence-corrected chi connectivity index (χ2v) is 5.80. The van der Waals surface area contributed by atoms with Gasteiger partial charge in [-0.05, 0) is 32.6 Å². The second-order valence-electron chi connectivity index (χ2n) is 4.74. The van der Waals surface area contributed by atoms with E-state index in [1.807, 2.05) is 24.1 Å². The molecule has 0 aromatic carbocycles. The fraction of sp³-hybridized carbons (Fsp3) is 0.667. The summed E-state index contributed by atoms with van der Waals surface area (Å²) >= 11 is 1.52. The van der Waals surface area contributed by atoms with Crippen LogP contribution in [0.3, 0.4) is 0 Å². The van der Waals surface area contributed by atoms with Gasteiger partial charge < -0.3 is 10.6 Å². The molecule has 1 saturated heterocycles. The smallest absolute Gasteiger partial charge is 0.273 e. The van der Waals surface area contributed by atoms with Gasteiger partial charge in [-0.25, -0.2) is 4.98 Å². The highest BCUT2D eigenvalue weighted by Crippen LogP contribution is 2.21. The third-order valence-electron chi connectivity index (χ3n) is 3.41. The van der Waals surface area contributed by atoms with Crippen LogP contribution in [0.15, 0.2) is 5.38 Å². The molecule has 1 aliphatic heterocycles. The zero-order valence-electron chi connectivity index (χ0n) is 10.3. The summed E-state index contributed by atoms with van der Waals surface area (Å²) in [6.45, 7) is 5.58. The molecule has 1 atom stereocenters. The minimum absolute atomic E-state index is 0.0671. The summed E-state index contributed by atoms with van der Waals surface area (Å²) < 4.78 is 0. The van der Waals surface area contributed by atoms with Crippen molar-refractivity contribution in [1.82, 2.24) is 9.88 Å². The van der Waals surface area contributed by atoms with Crippen molar-refractivity contribution in [3.63, 3.8) is 0 Å². The van der Waals surface area contributed by atoms with E-state index >= 15 is 0 Å². The molecule has 17 heavy (non-hydrogen) atoms. The van der Waals surface area contributed by atoms with Gasteiger partial charge >= 0.3 is 0 Å². The molecular formula is C12H19N3OS. The minimum atomic E-state index is 0.0671. The van der Waals surface area contributed by atoms with Crippen LogP contribution in [-0.4, -0.2) is 34.9 Å². The van der Waals surface area contributed by atoms with Crippen LogP contribution in [0.25, 0.3) is 0 Å². The predicted octanol–water partition coefficient (Wildman–Crippen LogP) is 1.65. The van der Waals surface area contributed by atoms with Crippen LogP contribution in [0, 0.1) is 12.8 Å². The number of hydrogen-bond acceptors (Lipinski definition) is 4. The van der Waals surface area contributed by atoms with Crippen molar-refractivity contribution in [2.24, 2.45) is 11.7 Å². The molecule has 5 heteroatoms. The Kier molecular flexibility index (Phi) is 3.79. The molecule has 0 spiro atoms. The number of carbonyl (C=O) groups excluding carboxylic acids is 1. The lowest BCUT2D eigenvalue weighted by Gasteiger charge is -2.33. The van der Waals surface area contributed by atoms with E-state index in [1.165, 1.54) is 11.3 Å². The number of piperidine rings is 1. The summed E-state index contributed by atoms with van der Waals surface area (Å²) in [6, 6.07) is 0.230. The topological polar surface area (TPSA) is 59.2 Å². The number of thiazole rings is 1. The Balaban J connectivity index is 1.95. The Bertz CT molecular complexity index is 394. The van der Waals surface area contributed by atoms with Gasteiger partial charge in [-0.3, -0.25) is 4.79 Å². The Morgan fingerprint density at radius 1 is 1.59 bits per heavy atom. The third kappa shape index (κ3) is 2.84. The van der Waals surface area contributed by atoms with Crippen molar-refractivity contribution >= 4 is 17.2 Å². The van der Waals surface area contributed by atoms with Gasteiger partial charge in [0, 0.05) is 24.5 Å². The van der Waals surface area contributed by atoms with Gasteiger partial charge in [0.05, 0.1) is 5.01 Å². The van der Waals surface area contributed by atoms with Gasteiger partial charge in [-0.2, -0.15) is 0 Å². The number of aromatic nitrogens is 1. The monoisotopic (exact) mass is 253 g/mol. The third-order valence-corrected chi connectivity index (χ3v) is 4.18. The number of aryl methyl sites for hydroxylation is 1. The normalized spacial score (nSPS) is 19.4. The maximum atomic E-state index is 12.1. The van der Waals surface area contributed by atoms with Crippen LogP contribution >= 0.6 is 11.3 Å². The molecular weight excluding hydrogens is 234 g/mol. The van der Waals surface area contributed by atoms with Gasteiger partial charge in [-0.1, -0.05) is 0 Å². The van der Waals surface area contributed by atoms with E-state index in [9.17, 15) is 4.79 Å². The summed E-state index contributed by atoms with van der Waals surface area (Å²) in [5, 5.41) is 2.79. The summed E-state index contributed by atoms with van der Waals surface area (Å²) in [6.07, 6.45) is 2.01. The molecule has 2 heterocycles. The van der Waals surface area contributed by atoms with E-state index in [1.54, 1.807) is 0 Å². The highest BCUT2D eigenvalue weighted by atomic mass is 32.1. The van der Waals surface area contributed by atoms with Gasteiger partial charge in [0.25, 0.3) is 5.91 Å². The molecule has 0 aliphatic carbocycles. The average molecular weight is 253 g/mol. The van der Waals surface area contributed by atoms with E-state index in [-0.39, 0.29) is 11.9 Å². The lowest BCUT2D eigenvalue weighted by Crippen LogP contribution is -2.42. The molecule has 4 nitrogen and oxygen atoms in total. The van der Waals surface area contributed by atoms with Gasteiger partial charge in [0.15, 0.2) is 0 Å². The van der Waals surface area contributed by atoms with Crippen molar-refractivity contribution < 1.29 is 4.79 Å². The fourth-order valence-corrected chi connectivity index (χ4v) is 2.84. The Hall–Kier alpha value is -0.940. The van der Waals surface area contributed by atoms with Crippen LogP contribution in [0.2, 0.25) is 0 Å². The molecule has 1 fully saturated rings. The average Bonchev–Trinajstić information content (AvgIpc) is 2.75. The minimum Gasteiger partial charge on any atom is -0.337 e. The molecule has 0 saturated carbocycles. The summed E-state index contributed by atoms with van der Waals surface area (Å²) in [7, 11) is 0. The number of nitrogens with two attached hydrogens (primary N) is 1. The first-order chi connectivity index (χ1) is 8.08. The van der Waals surface area contributed by atoms with Crippen LogP contribution in [0.1, 0.15) is 35.3 Å². The zero-order valence-corrected chi connectivity index (χ0v) is 11.2. The molecule has 94 valence electrons. The summed E-state index contributed by atoms with van der Waals surface area (Å²) in [4.78, 5) is 18.3. The largest absolute Gasteiger partial charge is 0.337 e. The molecule has 1 aromatic heterocycles. The Labute approximate surface area is 106 Å². The molecule has 1 unspecified atom stereocenters. The van der Waals surface area contributed by atoms with Crippen molar-refractivity contribution in [1.29, 1.82) is 0 Å². The molecule has 2 N–H and O–H groups in total. The first-order valence-electron chi connectivity index (χ1n) is 6.05. The molecule has 0 radical (unpaired) electrons. The van der Waals surface area contributed by atoms with Crippen LogP contribution < -0.4 is 5.73 Å². The van der Waals surface area contributed by atoms with Gasteiger partial charge in [0.1, 0.15) is 5.69 Å². The maximum Gasteiger partial charge on any atom is 0.273 e. The van der Waals surface area contributed by atoms with E-state index in [4.69, 9.17) is 5.73 Å². The second kappa shape index (κ2) is 5.14. The lowest BCUT2D eigenvalue weighted by atomic mass is 9.91. The Morgan fingerprint density at radius 2 is 2.24 bits per heavy atom. The number of hydrogen-bond donors (Lipinski definition) is 1. The number of carbonyl (C=O) groups is 1. The zero-order chi connectivity index (χ0) is 12.4. The molecule has 1 amide bonds. The van der Waals surface area contributed by atoms with E-state index in [0.29, 0.717) is 11.6 Å². The van der Waals surface area contributed by atoms with Gasteiger partial charge in [0.2, 0.25) is 0 Å². The molecule has 0 bridgehead atoms. The van der Waals surface area contributed by atoms with Crippen molar-refractivity contribution in [3.8, 4) is 0 Å². The number of rotatable bonds is 2. The molecule has 1 aromatic rings. The van der Waals surface area contributed by atoms with Crippen LogP contribution in [-0.2, 0) is 0 Å². The van der Waals surface area contributed by atoms with Crippen molar-refractivity contribution in [2.75, 3.05) is 13.1 Å². The maximum absolute atomic E-state index is 12.1. The first-order valence-corrected chi connectivity index (χ1v) is 6.93. The molecule has 2 rings (SSSR count). The Morgan fingerprint density at radius 3 is 2.71 bits per heavy atom. The standard InChI is InChI=1S/C12H19N3OS/c1-8(13)10-3-5-15(6-4-10)12(16)11-7-17-9(2)14-11/h7-8,10H,3-6,13H2,1-2H3. The molecule has 1 aliphatic rings. The van der Waals surface area contributed by atoms with E-state index in [2.05, 4.69) is 4.98 Å². The SMILES string of the molecule is Cc1nc(C(=O)N2CCC(C(C)N)CC2)cs1. The lowest BCUT2D eigenvalue weighted by molar-refractivity contribution is 0.0675. The van der Waals surface area contributed by atoms with Crippen LogP contribution in [0.5, 0.6) is 0 Å². The van der Waals surface area contributed by atoms with Crippen LogP contribution in [0.4, 0.5) is 0 Å². The first kappa shape index (κ1) is 12.5. The van der Waals surface area contributed by atoms with Gasteiger partial charge in [-0.15, -0.1) is 11.3 Å². The fourth-order valence-electron chi connectivity index (χ4n) is 2.25. The number of likely N-dealkylation sites (tertiary alicyclic amines) is 1. The summed E-state index contributed by atoms with van der Waals surface area (Å²) in [5.74, 6) is 0.619. The van der Waals surface area contributed by atoms with Crippen molar-refractivity contribution in [3.05, 3.63) is 16.1 Å². The number of nitrogens with zero attached hydrogens (tertiary/aromatic N) is 2.